The number of likely N-dealkylation sites (tertiary alicyclic amines) is 1. The summed E-state index contributed by atoms with van der Waals surface area (Å²) in [6, 6.07) is 8.03. The van der Waals surface area contributed by atoms with E-state index < -0.39 is 5.54 Å². The van der Waals surface area contributed by atoms with Crippen molar-refractivity contribution in [2.45, 2.75) is 31.8 Å². The minimum Gasteiger partial charge on any atom is -0.468 e. The summed E-state index contributed by atoms with van der Waals surface area (Å²) in [6.07, 6.45) is 0.484. The van der Waals surface area contributed by atoms with E-state index in [1.165, 1.54) is 7.11 Å². The average Bonchev–Trinajstić information content (AvgIpc) is 2.94. The Morgan fingerprint density at radius 2 is 1.88 bits per heavy atom. The first-order valence-electron chi connectivity index (χ1n) is 9.13. The standard InChI is InChI=1S/C20H28N2O3S/c1-14-7-5-6-8-15(14)17-16(18(23)22-9-11-26-12-10-22)13-20(2,21(17)3)19(24)25-4/h5-8,16-17H,9-13H2,1-4H3/t16-,17-,20-/m0/s1. The van der Waals surface area contributed by atoms with E-state index in [0.717, 1.165) is 35.7 Å². The molecule has 26 heavy (non-hydrogen) atoms. The monoisotopic (exact) mass is 376 g/mol. The van der Waals surface area contributed by atoms with Crippen LogP contribution in [0.1, 0.15) is 30.5 Å². The van der Waals surface area contributed by atoms with Gasteiger partial charge in [-0.25, -0.2) is 0 Å². The Kier molecular flexibility index (Phi) is 5.63. The summed E-state index contributed by atoms with van der Waals surface area (Å²) in [5.41, 5.74) is 1.46. The van der Waals surface area contributed by atoms with Crippen LogP contribution in [0, 0.1) is 12.8 Å². The smallest absolute Gasteiger partial charge is 0.326 e. The van der Waals surface area contributed by atoms with Crippen molar-refractivity contribution in [3.8, 4) is 0 Å². The van der Waals surface area contributed by atoms with Gasteiger partial charge in [0.05, 0.1) is 13.0 Å². The summed E-state index contributed by atoms with van der Waals surface area (Å²) in [5, 5.41) is 0. The largest absolute Gasteiger partial charge is 0.468 e. The molecule has 0 aliphatic carbocycles. The molecular weight excluding hydrogens is 348 g/mol. The molecule has 1 aromatic carbocycles. The van der Waals surface area contributed by atoms with Gasteiger partial charge < -0.3 is 9.64 Å². The van der Waals surface area contributed by atoms with E-state index in [-0.39, 0.29) is 23.8 Å². The molecule has 0 bridgehead atoms. The van der Waals surface area contributed by atoms with E-state index in [0.29, 0.717) is 6.42 Å². The number of benzene rings is 1. The molecule has 2 heterocycles. The average molecular weight is 377 g/mol. The maximum atomic E-state index is 13.4. The Hall–Kier alpha value is -1.53. The van der Waals surface area contributed by atoms with Gasteiger partial charge in [0.15, 0.2) is 0 Å². The Morgan fingerprint density at radius 3 is 2.50 bits per heavy atom. The van der Waals surface area contributed by atoms with Crippen LogP contribution in [0.2, 0.25) is 0 Å². The molecule has 0 spiro atoms. The van der Waals surface area contributed by atoms with Crippen LogP contribution in [-0.4, -0.2) is 66.0 Å². The maximum Gasteiger partial charge on any atom is 0.326 e. The van der Waals surface area contributed by atoms with Crippen LogP contribution < -0.4 is 0 Å². The van der Waals surface area contributed by atoms with E-state index in [4.69, 9.17) is 4.74 Å². The van der Waals surface area contributed by atoms with Crippen molar-refractivity contribution < 1.29 is 14.3 Å². The molecule has 2 aliphatic rings. The second-order valence-corrected chi connectivity index (χ2v) is 8.65. The summed E-state index contributed by atoms with van der Waals surface area (Å²) < 4.78 is 5.09. The number of aryl methyl sites for hydroxylation is 1. The number of carbonyl (C=O) groups excluding carboxylic acids is 2. The molecule has 6 heteroatoms. The zero-order valence-electron chi connectivity index (χ0n) is 16.0. The molecular formula is C20H28N2O3S. The highest BCUT2D eigenvalue weighted by atomic mass is 32.2. The van der Waals surface area contributed by atoms with Crippen molar-refractivity contribution in [3.63, 3.8) is 0 Å². The van der Waals surface area contributed by atoms with Gasteiger partial charge in [0, 0.05) is 30.6 Å². The molecule has 0 saturated carbocycles. The van der Waals surface area contributed by atoms with Gasteiger partial charge in [-0.1, -0.05) is 24.3 Å². The molecule has 0 aromatic heterocycles. The quantitative estimate of drug-likeness (QED) is 0.759. The summed E-state index contributed by atoms with van der Waals surface area (Å²) in [4.78, 5) is 30.0. The lowest BCUT2D eigenvalue weighted by molar-refractivity contribution is -0.152. The number of rotatable bonds is 3. The van der Waals surface area contributed by atoms with Crippen LogP contribution in [0.15, 0.2) is 24.3 Å². The Balaban J connectivity index is 2.00. The summed E-state index contributed by atoms with van der Waals surface area (Å²) in [6.45, 7) is 5.54. The van der Waals surface area contributed by atoms with E-state index >= 15 is 0 Å². The number of ether oxygens (including phenoxy) is 1. The number of thioether (sulfide) groups is 1. The summed E-state index contributed by atoms with van der Waals surface area (Å²) in [7, 11) is 3.36. The predicted octanol–water partition coefficient (Wildman–Crippen LogP) is 2.49. The van der Waals surface area contributed by atoms with Crippen molar-refractivity contribution in [3.05, 3.63) is 35.4 Å². The lowest BCUT2D eigenvalue weighted by atomic mass is 9.87. The van der Waals surface area contributed by atoms with Crippen LogP contribution in [0.4, 0.5) is 0 Å². The zero-order valence-corrected chi connectivity index (χ0v) is 16.8. The molecule has 0 radical (unpaired) electrons. The third-order valence-electron chi connectivity index (χ3n) is 5.97. The third-order valence-corrected chi connectivity index (χ3v) is 6.91. The number of carbonyl (C=O) groups is 2. The highest BCUT2D eigenvalue weighted by Crippen LogP contribution is 2.47. The van der Waals surface area contributed by atoms with Gasteiger partial charge in [-0.2, -0.15) is 11.8 Å². The zero-order chi connectivity index (χ0) is 18.9. The van der Waals surface area contributed by atoms with Gasteiger partial charge in [0.2, 0.25) is 5.91 Å². The molecule has 5 nitrogen and oxygen atoms in total. The van der Waals surface area contributed by atoms with Crippen molar-refractivity contribution in [2.75, 3.05) is 38.8 Å². The van der Waals surface area contributed by atoms with E-state index in [9.17, 15) is 9.59 Å². The van der Waals surface area contributed by atoms with Crippen LogP contribution >= 0.6 is 11.8 Å². The molecule has 1 amide bonds. The number of hydrogen-bond donors (Lipinski definition) is 0. The summed E-state index contributed by atoms with van der Waals surface area (Å²) >= 11 is 1.89. The van der Waals surface area contributed by atoms with Crippen LogP contribution in [0.5, 0.6) is 0 Å². The minimum absolute atomic E-state index is 0.123. The van der Waals surface area contributed by atoms with Gasteiger partial charge in [-0.3, -0.25) is 14.5 Å². The first-order chi connectivity index (χ1) is 12.4. The molecule has 3 rings (SSSR count). The van der Waals surface area contributed by atoms with Gasteiger partial charge >= 0.3 is 5.97 Å². The number of amides is 1. The van der Waals surface area contributed by atoms with Crippen LogP contribution in [0.3, 0.4) is 0 Å². The van der Waals surface area contributed by atoms with Crippen LogP contribution in [0.25, 0.3) is 0 Å². The number of hydrogen-bond acceptors (Lipinski definition) is 5. The van der Waals surface area contributed by atoms with E-state index in [1.807, 2.05) is 47.7 Å². The molecule has 0 unspecified atom stereocenters. The molecule has 2 saturated heterocycles. The van der Waals surface area contributed by atoms with Gasteiger partial charge in [0.25, 0.3) is 0 Å². The molecule has 1 aromatic rings. The van der Waals surface area contributed by atoms with Crippen molar-refractivity contribution in [1.29, 1.82) is 0 Å². The second kappa shape index (κ2) is 7.61. The number of methoxy groups -OCH3 is 1. The highest BCUT2D eigenvalue weighted by Gasteiger charge is 2.55. The Bertz CT molecular complexity index is 689. The van der Waals surface area contributed by atoms with Crippen molar-refractivity contribution >= 4 is 23.6 Å². The number of esters is 1. The molecule has 2 fully saturated rings. The second-order valence-electron chi connectivity index (χ2n) is 7.43. The molecule has 2 aliphatic heterocycles. The highest BCUT2D eigenvalue weighted by molar-refractivity contribution is 7.99. The first kappa shape index (κ1) is 19.2. The van der Waals surface area contributed by atoms with E-state index in [2.05, 4.69) is 19.1 Å². The van der Waals surface area contributed by atoms with Crippen molar-refractivity contribution in [2.24, 2.45) is 5.92 Å². The molecule has 142 valence electrons. The lowest BCUT2D eigenvalue weighted by Crippen LogP contribution is -2.47. The number of likely N-dealkylation sites (N-methyl/N-ethyl adjacent to an activating group) is 1. The lowest BCUT2D eigenvalue weighted by Gasteiger charge is -2.34. The van der Waals surface area contributed by atoms with Gasteiger partial charge in [0.1, 0.15) is 5.54 Å². The Morgan fingerprint density at radius 1 is 1.23 bits per heavy atom. The Labute approximate surface area is 160 Å². The maximum absolute atomic E-state index is 13.4. The van der Waals surface area contributed by atoms with E-state index in [1.54, 1.807) is 0 Å². The normalized spacial score (nSPS) is 29.6. The van der Waals surface area contributed by atoms with Crippen LogP contribution in [-0.2, 0) is 14.3 Å². The SMILES string of the molecule is COC(=O)[C@]1(C)C[C@H](C(=O)N2CCSCC2)[C@H](c2ccccc2C)N1C. The minimum atomic E-state index is -0.799. The number of nitrogens with zero attached hydrogens (tertiary/aromatic N) is 2. The predicted molar refractivity (Wildman–Crippen MR) is 104 cm³/mol. The van der Waals surface area contributed by atoms with Gasteiger partial charge in [-0.05, 0) is 38.4 Å². The fourth-order valence-electron chi connectivity index (χ4n) is 4.29. The molecule has 3 atom stereocenters. The fraction of sp³-hybridized carbons (Fsp3) is 0.600. The third kappa shape index (κ3) is 3.25. The van der Waals surface area contributed by atoms with Crippen molar-refractivity contribution in [1.82, 2.24) is 9.80 Å². The molecule has 0 N–H and O–H groups in total. The first-order valence-corrected chi connectivity index (χ1v) is 10.3. The summed E-state index contributed by atoms with van der Waals surface area (Å²) in [5.74, 6) is 1.62. The van der Waals surface area contributed by atoms with Gasteiger partial charge in [-0.15, -0.1) is 0 Å². The topological polar surface area (TPSA) is 49.9 Å². The fourth-order valence-corrected chi connectivity index (χ4v) is 5.20.